The summed E-state index contributed by atoms with van der Waals surface area (Å²) < 4.78 is 0. The van der Waals surface area contributed by atoms with E-state index in [0.29, 0.717) is 11.5 Å². The number of primary amides is 1. The summed E-state index contributed by atoms with van der Waals surface area (Å²) in [5.74, 6) is -0.333. The Morgan fingerprint density at radius 3 is 2.56 bits per heavy atom. The van der Waals surface area contributed by atoms with Crippen LogP contribution in [0.5, 0.6) is 0 Å². The molecule has 2 fully saturated rings. The minimum absolute atomic E-state index is 0.333. The van der Waals surface area contributed by atoms with Crippen molar-refractivity contribution in [2.75, 3.05) is 13.1 Å². The maximum atomic E-state index is 11.4. The standard InChI is InChI=1S/C14H27N3O/c1-13(2)5-3-8-17(9-7-13)11-4-6-14(16,10-11)12(15)18/h11H,3-10,16H2,1-2H3,(H2,15,18). The summed E-state index contributed by atoms with van der Waals surface area (Å²) >= 11 is 0. The summed E-state index contributed by atoms with van der Waals surface area (Å²) in [4.78, 5) is 13.9. The Kier molecular flexibility index (Phi) is 3.70. The van der Waals surface area contributed by atoms with Crippen molar-refractivity contribution in [2.45, 2.75) is 64.0 Å². The van der Waals surface area contributed by atoms with Gasteiger partial charge in [0.2, 0.25) is 5.91 Å². The highest BCUT2D eigenvalue weighted by atomic mass is 16.1. The molecule has 1 aliphatic carbocycles. The number of hydrogen-bond donors (Lipinski definition) is 2. The van der Waals surface area contributed by atoms with E-state index in [1.54, 1.807) is 0 Å². The Bertz CT molecular complexity index is 329. The zero-order valence-corrected chi connectivity index (χ0v) is 11.7. The predicted octanol–water partition coefficient (Wildman–Crippen LogP) is 1.23. The molecule has 0 aromatic heterocycles. The summed E-state index contributed by atoms with van der Waals surface area (Å²) in [5.41, 5.74) is 11.2. The lowest BCUT2D eigenvalue weighted by atomic mass is 9.85. The first kappa shape index (κ1) is 13.8. The quantitative estimate of drug-likeness (QED) is 0.777. The van der Waals surface area contributed by atoms with Crippen LogP contribution < -0.4 is 11.5 Å². The van der Waals surface area contributed by atoms with Gasteiger partial charge in [0.1, 0.15) is 0 Å². The largest absolute Gasteiger partial charge is 0.368 e. The van der Waals surface area contributed by atoms with Crippen molar-refractivity contribution in [1.82, 2.24) is 4.90 Å². The summed E-state index contributed by atoms with van der Waals surface area (Å²) in [6.45, 7) is 6.97. The number of carbonyl (C=O) groups is 1. The van der Waals surface area contributed by atoms with Gasteiger partial charge in [-0.25, -0.2) is 0 Å². The first-order valence-electron chi connectivity index (χ1n) is 7.15. The molecule has 18 heavy (non-hydrogen) atoms. The van der Waals surface area contributed by atoms with Crippen molar-refractivity contribution < 1.29 is 4.79 Å². The van der Waals surface area contributed by atoms with E-state index in [1.807, 2.05) is 0 Å². The molecule has 1 heterocycles. The average molecular weight is 253 g/mol. The van der Waals surface area contributed by atoms with Crippen LogP contribution >= 0.6 is 0 Å². The molecule has 0 spiro atoms. The monoisotopic (exact) mass is 253 g/mol. The summed E-state index contributed by atoms with van der Waals surface area (Å²) in [6.07, 6.45) is 6.27. The van der Waals surface area contributed by atoms with Gasteiger partial charge in [-0.1, -0.05) is 13.8 Å². The third kappa shape index (κ3) is 2.86. The van der Waals surface area contributed by atoms with Gasteiger partial charge in [0.25, 0.3) is 0 Å². The third-order valence-electron chi connectivity index (χ3n) is 4.91. The molecule has 0 bridgehead atoms. The van der Waals surface area contributed by atoms with Crippen LogP contribution in [0.4, 0.5) is 0 Å². The first-order valence-corrected chi connectivity index (χ1v) is 7.15. The molecule has 2 unspecified atom stereocenters. The van der Waals surface area contributed by atoms with Crippen LogP contribution in [0.3, 0.4) is 0 Å². The van der Waals surface area contributed by atoms with Crippen LogP contribution in [-0.2, 0) is 4.79 Å². The highest BCUT2D eigenvalue weighted by Crippen LogP contribution is 2.35. The maximum Gasteiger partial charge on any atom is 0.237 e. The van der Waals surface area contributed by atoms with Crippen molar-refractivity contribution in [1.29, 1.82) is 0 Å². The molecule has 1 saturated heterocycles. The predicted molar refractivity (Wildman–Crippen MR) is 73.0 cm³/mol. The van der Waals surface area contributed by atoms with Gasteiger partial charge in [0, 0.05) is 6.04 Å². The second-order valence-corrected chi connectivity index (χ2v) is 6.97. The molecule has 1 amide bonds. The topological polar surface area (TPSA) is 72.3 Å². The van der Waals surface area contributed by atoms with E-state index in [4.69, 9.17) is 11.5 Å². The normalized spacial score (nSPS) is 37.4. The first-order chi connectivity index (χ1) is 8.32. The van der Waals surface area contributed by atoms with Crippen LogP contribution in [0.25, 0.3) is 0 Å². The van der Waals surface area contributed by atoms with Crippen molar-refractivity contribution in [2.24, 2.45) is 16.9 Å². The molecule has 1 aliphatic heterocycles. The Labute approximate surface area is 110 Å². The van der Waals surface area contributed by atoms with Gasteiger partial charge in [0.15, 0.2) is 0 Å². The highest BCUT2D eigenvalue weighted by molar-refractivity contribution is 5.84. The summed E-state index contributed by atoms with van der Waals surface area (Å²) in [7, 11) is 0. The van der Waals surface area contributed by atoms with Gasteiger partial charge in [0.05, 0.1) is 5.54 Å². The van der Waals surface area contributed by atoms with E-state index in [9.17, 15) is 4.79 Å². The third-order valence-corrected chi connectivity index (χ3v) is 4.91. The van der Waals surface area contributed by atoms with Gasteiger partial charge >= 0.3 is 0 Å². The Balaban J connectivity index is 1.96. The van der Waals surface area contributed by atoms with Crippen LogP contribution in [0, 0.1) is 5.41 Å². The second kappa shape index (κ2) is 4.82. The van der Waals surface area contributed by atoms with Crippen molar-refractivity contribution in [3.8, 4) is 0 Å². The number of hydrogen-bond acceptors (Lipinski definition) is 3. The molecule has 0 aromatic rings. The fraction of sp³-hybridized carbons (Fsp3) is 0.929. The average Bonchev–Trinajstić information content (AvgIpc) is 2.58. The number of likely N-dealkylation sites (tertiary alicyclic amines) is 1. The lowest BCUT2D eigenvalue weighted by Gasteiger charge is -2.29. The summed E-state index contributed by atoms with van der Waals surface area (Å²) in [6, 6.07) is 0.455. The van der Waals surface area contributed by atoms with Crippen LogP contribution in [0.2, 0.25) is 0 Å². The van der Waals surface area contributed by atoms with E-state index in [1.165, 1.54) is 19.3 Å². The van der Waals surface area contributed by atoms with Gasteiger partial charge in [-0.2, -0.15) is 0 Å². The van der Waals surface area contributed by atoms with E-state index >= 15 is 0 Å². The lowest BCUT2D eigenvalue weighted by molar-refractivity contribution is -0.123. The van der Waals surface area contributed by atoms with Gasteiger partial charge in [-0.15, -0.1) is 0 Å². The minimum atomic E-state index is -0.757. The molecular formula is C14H27N3O. The van der Waals surface area contributed by atoms with Gasteiger partial charge in [-0.3, -0.25) is 4.79 Å². The van der Waals surface area contributed by atoms with E-state index in [0.717, 1.165) is 32.4 Å². The number of nitrogens with two attached hydrogens (primary N) is 2. The Morgan fingerprint density at radius 1 is 1.22 bits per heavy atom. The molecule has 104 valence electrons. The number of carbonyl (C=O) groups excluding carboxylic acids is 1. The molecule has 0 radical (unpaired) electrons. The molecule has 1 saturated carbocycles. The zero-order valence-electron chi connectivity index (χ0n) is 11.7. The molecule has 2 rings (SSSR count). The Hall–Kier alpha value is -0.610. The molecule has 4 heteroatoms. The highest BCUT2D eigenvalue weighted by Gasteiger charge is 2.43. The maximum absolute atomic E-state index is 11.4. The van der Waals surface area contributed by atoms with Crippen molar-refractivity contribution in [3.05, 3.63) is 0 Å². The van der Waals surface area contributed by atoms with E-state index in [2.05, 4.69) is 18.7 Å². The Morgan fingerprint density at radius 2 is 1.94 bits per heavy atom. The SMILES string of the molecule is CC1(C)CCCN(C2CCC(N)(C(N)=O)C2)CC1. The van der Waals surface area contributed by atoms with Crippen LogP contribution in [0.15, 0.2) is 0 Å². The van der Waals surface area contributed by atoms with Crippen LogP contribution in [-0.4, -0.2) is 35.5 Å². The fourth-order valence-electron chi connectivity index (χ4n) is 3.39. The van der Waals surface area contributed by atoms with Gasteiger partial charge < -0.3 is 16.4 Å². The smallest absolute Gasteiger partial charge is 0.237 e. The van der Waals surface area contributed by atoms with Crippen molar-refractivity contribution >= 4 is 5.91 Å². The molecule has 4 N–H and O–H groups in total. The van der Waals surface area contributed by atoms with Crippen molar-refractivity contribution in [3.63, 3.8) is 0 Å². The molecule has 2 aliphatic rings. The second-order valence-electron chi connectivity index (χ2n) is 6.97. The molecular weight excluding hydrogens is 226 g/mol. The fourth-order valence-corrected chi connectivity index (χ4v) is 3.39. The number of nitrogens with zero attached hydrogens (tertiary/aromatic N) is 1. The zero-order chi connectivity index (χ0) is 13.4. The number of amides is 1. The van der Waals surface area contributed by atoms with E-state index < -0.39 is 5.54 Å². The minimum Gasteiger partial charge on any atom is -0.368 e. The molecule has 0 aromatic carbocycles. The van der Waals surface area contributed by atoms with Crippen LogP contribution in [0.1, 0.15) is 52.4 Å². The molecule has 2 atom stereocenters. The van der Waals surface area contributed by atoms with E-state index in [-0.39, 0.29) is 5.91 Å². The summed E-state index contributed by atoms with van der Waals surface area (Å²) in [5, 5.41) is 0. The molecule has 4 nitrogen and oxygen atoms in total. The number of rotatable bonds is 2. The van der Waals surface area contributed by atoms with Gasteiger partial charge in [-0.05, 0) is 57.0 Å². The lowest BCUT2D eigenvalue weighted by Crippen LogP contribution is -2.51.